The first-order valence-electron chi connectivity index (χ1n) is 7.90. The van der Waals surface area contributed by atoms with E-state index in [1.54, 1.807) is 7.11 Å². The SMILES string of the molecule is COc1ccc(CCNC(=O)C2CN(S(=O)(=O)C3CC3)C2)cc1. The van der Waals surface area contributed by atoms with Crippen LogP contribution in [-0.4, -0.2) is 50.6 Å². The zero-order valence-corrected chi connectivity index (χ0v) is 14.0. The van der Waals surface area contributed by atoms with E-state index in [1.807, 2.05) is 24.3 Å². The predicted octanol–water partition coefficient (Wildman–Crippen LogP) is 0.778. The molecule has 7 heteroatoms. The summed E-state index contributed by atoms with van der Waals surface area (Å²) in [7, 11) is -1.50. The van der Waals surface area contributed by atoms with Gasteiger partial charge in [-0.2, -0.15) is 4.31 Å². The maximum absolute atomic E-state index is 12.0. The molecule has 1 aromatic carbocycles. The van der Waals surface area contributed by atoms with Crippen molar-refractivity contribution in [3.05, 3.63) is 29.8 Å². The number of carbonyl (C=O) groups is 1. The Bertz CT molecular complexity index is 662. The van der Waals surface area contributed by atoms with E-state index < -0.39 is 10.0 Å². The molecule has 23 heavy (non-hydrogen) atoms. The van der Waals surface area contributed by atoms with Crippen molar-refractivity contribution in [2.45, 2.75) is 24.5 Å². The molecule has 2 fully saturated rings. The molecule has 126 valence electrons. The van der Waals surface area contributed by atoms with Gasteiger partial charge >= 0.3 is 0 Å². The normalized spacial score (nSPS) is 19.2. The second-order valence-electron chi connectivity index (χ2n) is 6.15. The minimum absolute atomic E-state index is 0.0549. The minimum atomic E-state index is -3.12. The van der Waals surface area contributed by atoms with Crippen LogP contribution in [0.5, 0.6) is 5.75 Å². The van der Waals surface area contributed by atoms with Crippen LogP contribution in [0.3, 0.4) is 0 Å². The van der Waals surface area contributed by atoms with Crippen LogP contribution >= 0.6 is 0 Å². The largest absolute Gasteiger partial charge is 0.497 e. The number of benzene rings is 1. The maximum Gasteiger partial charge on any atom is 0.225 e. The van der Waals surface area contributed by atoms with Crippen molar-refractivity contribution in [3.8, 4) is 5.75 Å². The van der Waals surface area contributed by atoms with Gasteiger partial charge in [0.15, 0.2) is 0 Å². The summed E-state index contributed by atoms with van der Waals surface area (Å²) in [5, 5.41) is 2.69. The van der Waals surface area contributed by atoms with Crippen molar-refractivity contribution in [2.75, 3.05) is 26.7 Å². The van der Waals surface area contributed by atoms with Crippen LogP contribution < -0.4 is 10.1 Å². The van der Waals surface area contributed by atoms with Gasteiger partial charge in [-0.05, 0) is 37.0 Å². The van der Waals surface area contributed by atoms with Gasteiger partial charge in [0.05, 0.1) is 18.3 Å². The number of nitrogens with zero attached hydrogens (tertiary/aromatic N) is 1. The summed E-state index contributed by atoms with van der Waals surface area (Å²) in [5.74, 6) is 0.546. The third kappa shape index (κ3) is 3.67. The lowest BCUT2D eigenvalue weighted by atomic mass is 10.0. The van der Waals surface area contributed by atoms with Crippen molar-refractivity contribution in [2.24, 2.45) is 5.92 Å². The lowest BCUT2D eigenvalue weighted by molar-refractivity contribution is -0.128. The molecule has 0 spiro atoms. The third-order valence-corrected chi connectivity index (χ3v) is 6.73. The molecule has 1 aromatic rings. The van der Waals surface area contributed by atoms with Crippen molar-refractivity contribution in [3.63, 3.8) is 0 Å². The Labute approximate surface area is 136 Å². The fourth-order valence-electron chi connectivity index (χ4n) is 2.66. The standard InChI is InChI=1S/C16H22N2O4S/c1-22-14-4-2-12(3-5-14)8-9-17-16(19)13-10-18(11-13)23(20,21)15-6-7-15/h2-5,13,15H,6-11H2,1H3,(H,17,19). The molecular weight excluding hydrogens is 316 g/mol. The summed E-state index contributed by atoms with van der Waals surface area (Å²) in [6.07, 6.45) is 2.27. The summed E-state index contributed by atoms with van der Waals surface area (Å²) in [5.41, 5.74) is 1.12. The molecule has 1 heterocycles. The summed E-state index contributed by atoms with van der Waals surface area (Å²) in [6, 6.07) is 7.73. The molecule has 0 atom stereocenters. The predicted molar refractivity (Wildman–Crippen MR) is 86.7 cm³/mol. The van der Waals surface area contributed by atoms with E-state index >= 15 is 0 Å². The highest BCUT2D eigenvalue weighted by atomic mass is 32.2. The van der Waals surface area contributed by atoms with Crippen LogP contribution in [0.1, 0.15) is 18.4 Å². The first-order valence-corrected chi connectivity index (χ1v) is 9.40. The Morgan fingerprint density at radius 3 is 2.48 bits per heavy atom. The van der Waals surface area contributed by atoms with Crippen molar-refractivity contribution in [1.29, 1.82) is 0 Å². The Balaban J connectivity index is 1.39. The average molecular weight is 338 g/mol. The Kier molecular flexibility index (Phi) is 4.59. The van der Waals surface area contributed by atoms with Gasteiger partial charge in [0.25, 0.3) is 0 Å². The van der Waals surface area contributed by atoms with Gasteiger partial charge in [-0.1, -0.05) is 12.1 Å². The Morgan fingerprint density at radius 2 is 1.91 bits per heavy atom. The number of carbonyl (C=O) groups excluding carboxylic acids is 1. The molecule has 0 unspecified atom stereocenters. The average Bonchev–Trinajstić information content (AvgIpc) is 3.31. The van der Waals surface area contributed by atoms with Crippen LogP contribution in [0.15, 0.2) is 24.3 Å². The molecule has 3 rings (SSSR count). The fraction of sp³-hybridized carbons (Fsp3) is 0.562. The van der Waals surface area contributed by atoms with E-state index in [1.165, 1.54) is 4.31 Å². The molecule has 1 aliphatic heterocycles. The van der Waals surface area contributed by atoms with E-state index in [4.69, 9.17) is 4.74 Å². The number of sulfonamides is 1. The van der Waals surface area contributed by atoms with E-state index in [9.17, 15) is 13.2 Å². The van der Waals surface area contributed by atoms with E-state index in [2.05, 4.69) is 5.32 Å². The number of rotatable bonds is 7. The highest BCUT2D eigenvalue weighted by Crippen LogP contribution is 2.34. The van der Waals surface area contributed by atoms with Gasteiger partial charge in [0, 0.05) is 19.6 Å². The molecule has 0 bridgehead atoms. The van der Waals surface area contributed by atoms with E-state index in [-0.39, 0.29) is 17.1 Å². The molecule has 1 saturated carbocycles. The minimum Gasteiger partial charge on any atom is -0.497 e. The molecule has 1 aliphatic carbocycles. The number of hydrogen-bond acceptors (Lipinski definition) is 4. The number of amides is 1. The number of hydrogen-bond donors (Lipinski definition) is 1. The second-order valence-corrected chi connectivity index (χ2v) is 8.36. The summed E-state index contributed by atoms with van der Waals surface area (Å²) < 4.78 is 30.5. The van der Waals surface area contributed by atoms with Crippen LogP contribution in [0.4, 0.5) is 0 Å². The molecule has 1 N–H and O–H groups in total. The lowest BCUT2D eigenvalue weighted by Gasteiger charge is -2.37. The van der Waals surface area contributed by atoms with Gasteiger partial charge in [0.2, 0.25) is 15.9 Å². The molecular formula is C16H22N2O4S. The molecule has 1 amide bonds. The van der Waals surface area contributed by atoms with Gasteiger partial charge in [-0.3, -0.25) is 4.79 Å². The van der Waals surface area contributed by atoms with Crippen LogP contribution in [0, 0.1) is 5.92 Å². The first-order chi connectivity index (χ1) is 11.0. The van der Waals surface area contributed by atoms with Gasteiger partial charge in [-0.25, -0.2) is 8.42 Å². The zero-order valence-electron chi connectivity index (χ0n) is 13.2. The highest BCUT2D eigenvalue weighted by molar-refractivity contribution is 7.90. The van der Waals surface area contributed by atoms with Crippen molar-refractivity contribution in [1.82, 2.24) is 9.62 Å². The van der Waals surface area contributed by atoms with E-state index in [0.29, 0.717) is 19.6 Å². The van der Waals surface area contributed by atoms with Gasteiger partial charge in [-0.15, -0.1) is 0 Å². The van der Waals surface area contributed by atoms with Crippen LogP contribution in [-0.2, 0) is 21.2 Å². The van der Waals surface area contributed by atoms with Crippen molar-refractivity contribution >= 4 is 15.9 Å². The topological polar surface area (TPSA) is 75.7 Å². The molecule has 6 nitrogen and oxygen atoms in total. The number of ether oxygens (including phenoxy) is 1. The smallest absolute Gasteiger partial charge is 0.225 e. The molecule has 1 saturated heterocycles. The molecule has 0 aromatic heterocycles. The van der Waals surface area contributed by atoms with E-state index in [0.717, 1.165) is 30.6 Å². The maximum atomic E-state index is 12.0. The number of methoxy groups -OCH3 is 1. The highest BCUT2D eigenvalue weighted by Gasteiger charge is 2.46. The summed E-state index contributed by atoms with van der Waals surface area (Å²) >= 11 is 0. The molecule has 0 radical (unpaired) electrons. The van der Waals surface area contributed by atoms with Crippen molar-refractivity contribution < 1.29 is 17.9 Å². The first kappa shape index (κ1) is 16.3. The second kappa shape index (κ2) is 6.49. The fourth-order valence-corrected chi connectivity index (χ4v) is 4.58. The van der Waals surface area contributed by atoms with Gasteiger partial charge in [0.1, 0.15) is 5.75 Å². The Morgan fingerprint density at radius 1 is 1.26 bits per heavy atom. The van der Waals surface area contributed by atoms with Crippen LogP contribution in [0.25, 0.3) is 0 Å². The Hall–Kier alpha value is -1.60. The lowest BCUT2D eigenvalue weighted by Crippen LogP contribution is -2.56. The summed E-state index contributed by atoms with van der Waals surface area (Å²) in [4.78, 5) is 12.0. The van der Waals surface area contributed by atoms with Crippen LogP contribution in [0.2, 0.25) is 0 Å². The number of nitrogens with one attached hydrogen (secondary N) is 1. The quantitative estimate of drug-likeness (QED) is 0.797. The third-order valence-electron chi connectivity index (χ3n) is 4.40. The summed E-state index contributed by atoms with van der Waals surface area (Å²) in [6.45, 7) is 1.21. The van der Waals surface area contributed by atoms with Gasteiger partial charge < -0.3 is 10.1 Å². The monoisotopic (exact) mass is 338 g/mol. The molecule has 2 aliphatic rings. The zero-order chi connectivity index (χ0) is 16.4.